The van der Waals surface area contributed by atoms with Gasteiger partial charge in [-0.1, -0.05) is 18.2 Å². The molecule has 1 N–H and O–H groups in total. The predicted molar refractivity (Wildman–Crippen MR) is 100 cm³/mol. The molecule has 6 heteroatoms. The van der Waals surface area contributed by atoms with Gasteiger partial charge in [0.05, 0.1) is 18.4 Å². The van der Waals surface area contributed by atoms with E-state index in [2.05, 4.69) is 10.3 Å². The Morgan fingerprint density at radius 1 is 1.31 bits per heavy atom. The maximum atomic E-state index is 12.3. The van der Waals surface area contributed by atoms with Crippen molar-refractivity contribution in [3.8, 4) is 0 Å². The largest absolute Gasteiger partial charge is 0.354 e. The van der Waals surface area contributed by atoms with E-state index in [-0.39, 0.29) is 11.5 Å². The average molecular weight is 350 g/mol. The molecule has 134 valence electrons. The van der Waals surface area contributed by atoms with E-state index < -0.39 is 0 Å². The van der Waals surface area contributed by atoms with Gasteiger partial charge in [0.15, 0.2) is 0 Å². The minimum absolute atomic E-state index is 0.0445. The molecular formula is C20H22N4O2. The molecule has 6 nitrogen and oxygen atoms in total. The summed E-state index contributed by atoms with van der Waals surface area (Å²) in [4.78, 5) is 28.7. The Morgan fingerprint density at radius 2 is 2.12 bits per heavy atom. The summed E-state index contributed by atoms with van der Waals surface area (Å²) < 4.78 is 3.58. The van der Waals surface area contributed by atoms with Crippen molar-refractivity contribution in [3.05, 3.63) is 64.5 Å². The first-order valence-corrected chi connectivity index (χ1v) is 8.98. The second kappa shape index (κ2) is 6.78. The number of aromatic nitrogens is 3. The molecule has 26 heavy (non-hydrogen) atoms. The lowest BCUT2D eigenvalue weighted by molar-refractivity contribution is -0.120. The lowest BCUT2D eigenvalue weighted by atomic mass is 10.1. The molecule has 2 aromatic heterocycles. The normalized spacial score (nSPS) is 13.9. The van der Waals surface area contributed by atoms with Crippen LogP contribution in [0.25, 0.3) is 10.9 Å². The fourth-order valence-electron chi connectivity index (χ4n) is 3.33. The topological polar surface area (TPSA) is 68.9 Å². The van der Waals surface area contributed by atoms with Crippen molar-refractivity contribution < 1.29 is 4.79 Å². The van der Waals surface area contributed by atoms with E-state index in [1.807, 2.05) is 42.1 Å². The highest BCUT2D eigenvalue weighted by Gasteiger charge is 2.25. The van der Waals surface area contributed by atoms with Gasteiger partial charge in [-0.3, -0.25) is 14.2 Å². The first kappa shape index (κ1) is 16.6. The van der Waals surface area contributed by atoms with Crippen molar-refractivity contribution in [1.29, 1.82) is 0 Å². The van der Waals surface area contributed by atoms with Crippen LogP contribution in [0.1, 0.15) is 30.0 Å². The summed E-state index contributed by atoms with van der Waals surface area (Å²) in [6.45, 7) is 0.839. The van der Waals surface area contributed by atoms with Crippen LogP contribution in [0.4, 0.5) is 0 Å². The van der Waals surface area contributed by atoms with Gasteiger partial charge < -0.3 is 9.88 Å². The Morgan fingerprint density at radius 3 is 2.88 bits per heavy atom. The van der Waals surface area contributed by atoms with Crippen molar-refractivity contribution in [2.45, 2.75) is 31.7 Å². The molecule has 0 atom stereocenters. The van der Waals surface area contributed by atoms with Crippen LogP contribution in [0.15, 0.2) is 47.7 Å². The SMILES string of the molecule is Cn1cc(CC(=O)NCCn2cnc(C3CC3)cc2=O)c2ccccc21. The number of fused-ring (bicyclic) bond motifs is 1. The Kier molecular flexibility index (Phi) is 4.32. The summed E-state index contributed by atoms with van der Waals surface area (Å²) in [5.74, 6) is 0.426. The van der Waals surface area contributed by atoms with E-state index in [4.69, 9.17) is 0 Å². The lowest BCUT2D eigenvalue weighted by Gasteiger charge is -2.08. The van der Waals surface area contributed by atoms with Gasteiger partial charge in [-0.05, 0) is 24.5 Å². The van der Waals surface area contributed by atoms with Crippen LogP contribution < -0.4 is 10.9 Å². The number of amides is 1. The van der Waals surface area contributed by atoms with Gasteiger partial charge in [-0.25, -0.2) is 4.98 Å². The summed E-state index contributed by atoms with van der Waals surface area (Å²) in [6.07, 6.45) is 6.17. The highest BCUT2D eigenvalue weighted by Crippen LogP contribution is 2.38. The highest BCUT2D eigenvalue weighted by atomic mass is 16.1. The molecule has 0 bridgehead atoms. The molecule has 4 rings (SSSR count). The third kappa shape index (κ3) is 3.40. The number of rotatable bonds is 6. The zero-order valence-electron chi connectivity index (χ0n) is 14.8. The number of nitrogens with one attached hydrogen (secondary N) is 1. The van der Waals surface area contributed by atoms with Crippen molar-refractivity contribution in [1.82, 2.24) is 19.4 Å². The zero-order chi connectivity index (χ0) is 18.1. The standard InChI is InChI=1S/C20H22N4O2/c1-23-12-15(16-4-2-3-5-18(16)23)10-19(25)21-8-9-24-13-22-17(11-20(24)26)14-6-7-14/h2-5,11-14H,6-10H2,1H3,(H,21,25). The quantitative estimate of drug-likeness (QED) is 0.739. The maximum Gasteiger partial charge on any atom is 0.253 e. The van der Waals surface area contributed by atoms with E-state index in [9.17, 15) is 9.59 Å². The van der Waals surface area contributed by atoms with E-state index in [1.54, 1.807) is 17.0 Å². The molecule has 0 unspecified atom stereocenters. The van der Waals surface area contributed by atoms with Crippen LogP contribution >= 0.6 is 0 Å². The second-order valence-electron chi connectivity index (χ2n) is 6.93. The van der Waals surface area contributed by atoms with E-state index in [1.165, 1.54) is 0 Å². The Bertz CT molecular complexity index is 1010. The van der Waals surface area contributed by atoms with Crippen LogP contribution in [0.3, 0.4) is 0 Å². The van der Waals surface area contributed by atoms with Crippen LogP contribution in [-0.4, -0.2) is 26.6 Å². The first-order chi connectivity index (χ1) is 12.6. The Hall–Kier alpha value is -2.89. The minimum Gasteiger partial charge on any atom is -0.354 e. The number of nitrogens with zero attached hydrogens (tertiary/aromatic N) is 3. The molecule has 1 amide bonds. The van der Waals surface area contributed by atoms with Crippen molar-refractivity contribution in [2.24, 2.45) is 7.05 Å². The molecule has 1 saturated carbocycles. The van der Waals surface area contributed by atoms with E-state index in [0.29, 0.717) is 25.4 Å². The van der Waals surface area contributed by atoms with Crippen LogP contribution in [-0.2, 0) is 24.8 Å². The summed E-state index contributed by atoms with van der Waals surface area (Å²) in [6, 6.07) is 9.67. The fourth-order valence-corrected chi connectivity index (χ4v) is 3.33. The van der Waals surface area contributed by atoms with Gasteiger partial charge in [0.25, 0.3) is 5.56 Å². The summed E-state index contributed by atoms with van der Waals surface area (Å²) in [5, 5.41) is 3.99. The number of carbonyl (C=O) groups is 1. The third-order valence-electron chi connectivity index (χ3n) is 4.90. The molecule has 1 aliphatic carbocycles. The molecule has 0 aliphatic heterocycles. The third-order valence-corrected chi connectivity index (χ3v) is 4.90. The average Bonchev–Trinajstić information content (AvgIpc) is 3.43. The maximum absolute atomic E-state index is 12.3. The first-order valence-electron chi connectivity index (χ1n) is 8.98. The van der Waals surface area contributed by atoms with Gasteiger partial charge in [-0.2, -0.15) is 0 Å². The molecule has 1 aromatic carbocycles. The van der Waals surface area contributed by atoms with Crippen molar-refractivity contribution in [3.63, 3.8) is 0 Å². The minimum atomic E-state index is -0.0507. The van der Waals surface area contributed by atoms with Crippen molar-refractivity contribution in [2.75, 3.05) is 6.54 Å². The van der Waals surface area contributed by atoms with Crippen LogP contribution in [0, 0.1) is 0 Å². The van der Waals surface area contributed by atoms with Crippen LogP contribution in [0.2, 0.25) is 0 Å². The predicted octanol–water partition coefficient (Wildman–Crippen LogP) is 1.97. The summed E-state index contributed by atoms with van der Waals surface area (Å²) >= 11 is 0. The zero-order valence-corrected chi connectivity index (χ0v) is 14.8. The van der Waals surface area contributed by atoms with Crippen LogP contribution in [0.5, 0.6) is 0 Å². The molecule has 1 fully saturated rings. The molecular weight excluding hydrogens is 328 g/mol. The number of para-hydroxylation sites is 1. The highest BCUT2D eigenvalue weighted by molar-refractivity contribution is 5.89. The smallest absolute Gasteiger partial charge is 0.253 e. The Labute approximate surface area is 151 Å². The number of aryl methyl sites for hydroxylation is 1. The Balaban J connectivity index is 1.34. The van der Waals surface area contributed by atoms with Crippen molar-refractivity contribution >= 4 is 16.8 Å². The van der Waals surface area contributed by atoms with E-state index in [0.717, 1.165) is 35.0 Å². The van der Waals surface area contributed by atoms with Gasteiger partial charge in [-0.15, -0.1) is 0 Å². The molecule has 0 spiro atoms. The molecule has 0 radical (unpaired) electrons. The van der Waals surface area contributed by atoms with Gasteiger partial charge in [0, 0.05) is 49.2 Å². The number of carbonyl (C=O) groups excluding carboxylic acids is 1. The number of hydrogen-bond donors (Lipinski definition) is 1. The summed E-state index contributed by atoms with van der Waals surface area (Å²) in [5.41, 5.74) is 2.97. The fraction of sp³-hybridized carbons (Fsp3) is 0.350. The lowest BCUT2D eigenvalue weighted by Crippen LogP contribution is -2.31. The van der Waals surface area contributed by atoms with Gasteiger partial charge in [0.1, 0.15) is 0 Å². The van der Waals surface area contributed by atoms with E-state index >= 15 is 0 Å². The monoisotopic (exact) mass is 350 g/mol. The van der Waals surface area contributed by atoms with Gasteiger partial charge in [0.2, 0.25) is 5.91 Å². The summed E-state index contributed by atoms with van der Waals surface area (Å²) in [7, 11) is 1.98. The molecule has 3 aromatic rings. The number of hydrogen-bond acceptors (Lipinski definition) is 3. The second-order valence-corrected chi connectivity index (χ2v) is 6.93. The number of benzene rings is 1. The molecule has 2 heterocycles. The molecule has 1 aliphatic rings. The molecule has 0 saturated heterocycles. The van der Waals surface area contributed by atoms with Gasteiger partial charge >= 0.3 is 0 Å².